The molecule has 3 rings (SSSR count). The first-order valence-corrected chi connectivity index (χ1v) is 7.70. The van der Waals surface area contributed by atoms with Crippen LogP contribution >= 0.6 is 11.3 Å². The van der Waals surface area contributed by atoms with Gasteiger partial charge in [0.1, 0.15) is 10.7 Å². The summed E-state index contributed by atoms with van der Waals surface area (Å²) in [6.45, 7) is 5.10. The summed E-state index contributed by atoms with van der Waals surface area (Å²) in [4.78, 5) is 19.3. The fourth-order valence-electron chi connectivity index (χ4n) is 2.66. The average molecular weight is 280 g/mol. The Morgan fingerprint density at radius 2 is 2.21 bits per heavy atom. The van der Waals surface area contributed by atoms with Crippen LogP contribution in [-0.2, 0) is 0 Å². The summed E-state index contributed by atoms with van der Waals surface area (Å²) >= 11 is 1.39. The Labute approximate surface area is 117 Å². The second kappa shape index (κ2) is 4.67. The lowest BCUT2D eigenvalue weighted by molar-refractivity contribution is 0.0749. The van der Waals surface area contributed by atoms with E-state index in [9.17, 15) is 4.79 Å². The maximum absolute atomic E-state index is 12.5. The van der Waals surface area contributed by atoms with Gasteiger partial charge in [0.2, 0.25) is 0 Å². The Bertz CT molecular complexity index is 497. The molecule has 1 amide bonds. The van der Waals surface area contributed by atoms with Gasteiger partial charge in [0, 0.05) is 18.6 Å². The highest BCUT2D eigenvalue weighted by Crippen LogP contribution is 2.33. The van der Waals surface area contributed by atoms with Gasteiger partial charge in [-0.05, 0) is 32.1 Å². The zero-order valence-electron chi connectivity index (χ0n) is 11.3. The van der Waals surface area contributed by atoms with Gasteiger partial charge in [0.05, 0.1) is 0 Å². The fourth-order valence-corrected chi connectivity index (χ4v) is 3.58. The predicted octanol–water partition coefficient (Wildman–Crippen LogP) is 2.17. The zero-order chi connectivity index (χ0) is 13.6. The summed E-state index contributed by atoms with van der Waals surface area (Å²) in [5.41, 5.74) is 5.90. The van der Waals surface area contributed by atoms with E-state index in [1.54, 1.807) is 0 Å². The van der Waals surface area contributed by atoms with Crippen LogP contribution in [0.2, 0.25) is 0 Å². The lowest BCUT2D eigenvalue weighted by Gasteiger charge is -2.20. The van der Waals surface area contributed by atoms with Gasteiger partial charge in [0.15, 0.2) is 5.13 Å². The number of nitrogens with two attached hydrogens (primary N) is 1. The molecule has 0 bridgehead atoms. The second-order valence-corrected chi connectivity index (χ2v) is 6.80. The molecule has 104 valence electrons. The Hall–Kier alpha value is -1.30. The van der Waals surface area contributed by atoms with Crippen LogP contribution in [0.4, 0.5) is 10.9 Å². The summed E-state index contributed by atoms with van der Waals surface area (Å²) in [7, 11) is 0. The van der Waals surface area contributed by atoms with Gasteiger partial charge in [-0.1, -0.05) is 18.3 Å². The number of nitrogens with one attached hydrogen (secondary N) is 1. The molecule has 1 saturated heterocycles. The van der Waals surface area contributed by atoms with Crippen LogP contribution in [0.3, 0.4) is 0 Å². The summed E-state index contributed by atoms with van der Waals surface area (Å²) in [6.07, 6.45) is 3.44. The molecule has 0 radical (unpaired) electrons. The third-order valence-electron chi connectivity index (χ3n) is 3.80. The van der Waals surface area contributed by atoms with E-state index >= 15 is 0 Å². The number of likely N-dealkylation sites (tertiary alicyclic amines) is 1. The average Bonchev–Trinajstić information content (AvgIpc) is 2.98. The number of nitrogen functional groups attached to an aromatic ring is 1. The van der Waals surface area contributed by atoms with E-state index in [1.807, 2.05) is 4.90 Å². The maximum Gasteiger partial charge on any atom is 0.268 e. The predicted molar refractivity (Wildman–Crippen MR) is 77.5 cm³/mol. The first-order chi connectivity index (χ1) is 9.04. The largest absolute Gasteiger partial charge is 0.382 e. The number of aromatic nitrogens is 1. The van der Waals surface area contributed by atoms with Crippen LogP contribution in [0.5, 0.6) is 0 Å². The quantitative estimate of drug-likeness (QED) is 0.890. The minimum Gasteiger partial charge on any atom is -0.382 e. The van der Waals surface area contributed by atoms with Crippen LogP contribution in [-0.4, -0.2) is 34.4 Å². The Kier molecular flexibility index (Phi) is 3.12. The Morgan fingerprint density at radius 3 is 2.79 bits per heavy atom. The lowest BCUT2D eigenvalue weighted by atomic mass is 10.1. The fraction of sp³-hybridized carbons (Fsp3) is 0.692. The first kappa shape index (κ1) is 12.7. The van der Waals surface area contributed by atoms with Crippen LogP contribution in [0.1, 0.15) is 42.8 Å². The van der Waals surface area contributed by atoms with Crippen molar-refractivity contribution in [2.24, 2.45) is 5.92 Å². The number of rotatable bonds is 3. The molecule has 1 aromatic heterocycles. The molecule has 1 saturated carbocycles. The highest BCUT2D eigenvalue weighted by Gasteiger charge is 2.33. The van der Waals surface area contributed by atoms with E-state index in [1.165, 1.54) is 24.2 Å². The van der Waals surface area contributed by atoms with Crippen molar-refractivity contribution in [1.29, 1.82) is 0 Å². The van der Waals surface area contributed by atoms with Crippen LogP contribution < -0.4 is 11.1 Å². The Morgan fingerprint density at radius 1 is 1.47 bits per heavy atom. The standard InChI is InChI=1S/C13H20N4OS/c1-7-5-8(2)17(6-7)12(18)10-11(14)16-13(19-10)15-9-3-4-9/h7-9H,3-6,14H2,1-2H3,(H,15,16). The van der Waals surface area contributed by atoms with Gasteiger partial charge in [-0.3, -0.25) is 4.79 Å². The molecule has 0 aromatic carbocycles. The lowest BCUT2D eigenvalue weighted by Crippen LogP contribution is -2.33. The monoisotopic (exact) mass is 280 g/mol. The van der Waals surface area contributed by atoms with Gasteiger partial charge in [-0.2, -0.15) is 0 Å². The molecule has 5 nitrogen and oxygen atoms in total. The molecule has 1 aromatic rings. The van der Waals surface area contributed by atoms with Gasteiger partial charge in [-0.25, -0.2) is 4.98 Å². The molecule has 2 aliphatic rings. The summed E-state index contributed by atoms with van der Waals surface area (Å²) in [6, 6.07) is 0.822. The molecule has 1 aliphatic carbocycles. The van der Waals surface area contributed by atoms with Gasteiger partial charge < -0.3 is 16.0 Å². The van der Waals surface area contributed by atoms with Gasteiger partial charge in [-0.15, -0.1) is 0 Å². The SMILES string of the molecule is CC1CC(C)N(C(=O)c2sc(NC3CC3)nc2N)C1. The van der Waals surface area contributed by atoms with E-state index in [4.69, 9.17) is 5.73 Å². The summed E-state index contributed by atoms with van der Waals surface area (Å²) < 4.78 is 0. The second-order valence-electron chi connectivity index (χ2n) is 5.80. The number of hydrogen-bond donors (Lipinski definition) is 2. The molecule has 2 atom stereocenters. The van der Waals surface area contributed by atoms with Crippen molar-refractivity contribution in [3.8, 4) is 0 Å². The third kappa shape index (κ3) is 2.54. The topological polar surface area (TPSA) is 71.2 Å². The minimum absolute atomic E-state index is 0.0377. The van der Waals surface area contributed by atoms with Crippen molar-refractivity contribution in [2.45, 2.75) is 45.2 Å². The van der Waals surface area contributed by atoms with Crippen molar-refractivity contribution in [2.75, 3.05) is 17.6 Å². The van der Waals surface area contributed by atoms with Gasteiger partial charge >= 0.3 is 0 Å². The number of thiazole rings is 1. The number of anilines is 2. The molecule has 2 unspecified atom stereocenters. The number of hydrogen-bond acceptors (Lipinski definition) is 5. The van der Waals surface area contributed by atoms with E-state index in [-0.39, 0.29) is 5.91 Å². The number of carbonyl (C=O) groups is 1. The molecule has 6 heteroatoms. The number of amides is 1. The van der Waals surface area contributed by atoms with Gasteiger partial charge in [0.25, 0.3) is 5.91 Å². The van der Waals surface area contributed by atoms with Crippen molar-refractivity contribution in [1.82, 2.24) is 9.88 Å². The number of nitrogens with zero attached hydrogens (tertiary/aromatic N) is 2. The molecule has 0 spiro atoms. The third-order valence-corrected chi connectivity index (χ3v) is 4.79. The first-order valence-electron chi connectivity index (χ1n) is 6.88. The Balaban J connectivity index is 1.77. The normalized spacial score (nSPS) is 26.7. The molecule has 2 fully saturated rings. The molecular formula is C13H20N4OS. The van der Waals surface area contributed by atoms with E-state index in [0.717, 1.165) is 18.1 Å². The molecular weight excluding hydrogens is 260 g/mol. The zero-order valence-corrected chi connectivity index (χ0v) is 12.2. The van der Waals surface area contributed by atoms with Crippen molar-refractivity contribution < 1.29 is 4.79 Å². The number of carbonyl (C=O) groups excluding carboxylic acids is 1. The molecule has 19 heavy (non-hydrogen) atoms. The van der Waals surface area contributed by atoms with Crippen molar-refractivity contribution in [3.05, 3.63) is 4.88 Å². The van der Waals surface area contributed by atoms with E-state index < -0.39 is 0 Å². The van der Waals surface area contributed by atoms with Crippen molar-refractivity contribution >= 4 is 28.2 Å². The molecule has 1 aliphatic heterocycles. The van der Waals surface area contributed by atoms with Crippen LogP contribution in [0.25, 0.3) is 0 Å². The van der Waals surface area contributed by atoms with E-state index in [0.29, 0.717) is 28.7 Å². The molecule has 2 heterocycles. The minimum atomic E-state index is 0.0377. The smallest absolute Gasteiger partial charge is 0.268 e. The maximum atomic E-state index is 12.5. The summed E-state index contributed by atoms with van der Waals surface area (Å²) in [5, 5.41) is 4.08. The van der Waals surface area contributed by atoms with Crippen molar-refractivity contribution in [3.63, 3.8) is 0 Å². The molecule has 3 N–H and O–H groups in total. The van der Waals surface area contributed by atoms with Crippen LogP contribution in [0, 0.1) is 5.92 Å². The van der Waals surface area contributed by atoms with Crippen LogP contribution in [0.15, 0.2) is 0 Å². The van der Waals surface area contributed by atoms with E-state index in [2.05, 4.69) is 24.1 Å². The highest BCUT2D eigenvalue weighted by atomic mass is 32.1. The highest BCUT2D eigenvalue weighted by molar-refractivity contribution is 7.18. The summed E-state index contributed by atoms with van der Waals surface area (Å²) in [5.74, 6) is 0.970.